The first-order chi connectivity index (χ1) is 11.5. The van der Waals surface area contributed by atoms with Crippen molar-refractivity contribution in [2.24, 2.45) is 0 Å². The molecule has 2 aromatic rings. The summed E-state index contributed by atoms with van der Waals surface area (Å²) in [6.07, 6.45) is -1.93. The Kier molecular flexibility index (Phi) is 4.12. The number of esters is 1. The van der Waals surface area contributed by atoms with Crippen LogP contribution in [0.2, 0.25) is 0 Å². The molecule has 0 aromatic heterocycles. The van der Waals surface area contributed by atoms with Gasteiger partial charge in [-0.25, -0.2) is 0 Å². The number of benzene rings is 2. The van der Waals surface area contributed by atoms with Crippen LogP contribution < -0.4 is 9.47 Å². The second kappa shape index (κ2) is 6.23. The van der Waals surface area contributed by atoms with Gasteiger partial charge in [-0.05, 0) is 5.56 Å². The summed E-state index contributed by atoms with van der Waals surface area (Å²) in [7, 11) is 1.38. The van der Waals surface area contributed by atoms with E-state index in [1.165, 1.54) is 26.2 Å². The van der Waals surface area contributed by atoms with Crippen molar-refractivity contribution in [1.29, 1.82) is 0 Å². The van der Waals surface area contributed by atoms with Crippen molar-refractivity contribution < 1.29 is 28.9 Å². The van der Waals surface area contributed by atoms with Crippen LogP contribution in [0.1, 0.15) is 28.9 Å². The van der Waals surface area contributed by atoms with E-state index in [1.54, 1.807) is 24.3 Å². The van der Waals surface area contributed by atoms with Crippen LogP contribution in [0, 0.1) is 0 Å². The van der Waals surface area contributed by atoms with Crippen molar-refractivity contribution in [2.45, 2.75) is 19.1 Å². The lowest BCUT2D eigenvalue weighted by molar-refractivity contribution is -0.148. The number of methoxy groups -OCH3 is 1. The highest BCUT2D eigenvalue weighted by Gasteiger charge is 2.42. The molecule has 0 fully saturated rings. The zero-order valence-corrected chi connectivity index (χ0v) is 13.2. The molecule has 2 aromatic carbocycles. The van der Waals surface area contributed by atoms with Crippen molar-refractivity contribution in [3.8, 4) is 17.2 Å². The maximum absolute atomic E-state index is 12.9. The van der Waals surface area contributed by atoms with Crippen LogP contribution in [-0.4, -0.2) is 30.1 Å². The predicted molar refractivity (Wildman–Crippen MR) is 84.4 cm³/mol. The van der Waals surface area contributed by atoms with Crippen LogP contribution in [0.15, 0.2) is 42.5 Å². The minimum Gasteiger partial charge on any atom is -0.508 e. The highest BCUT2D eigenvalue weighted by atomic mass is 16.6. The van der Waals surface area contributed by atoms with Gasteiger partial charge < -0.3 is 19.3 Å². The van der Waals surface area contributed by atoms with Crippen molar-refractivity contribution >= 4 is 11.8 Å². The molecule has 0 saturated heterocycles. The van der Waals surface area contributed by atoms with Gasteiger partial charge in [-0.2, -0.15) is 0 Å². The summed E-state index contributed by atoms with van der Waals surface area (Å²) in [5, 5.41) is 9.80. The monoisotopic (exact) mass is 328 g/mol. The Balaban J connectivity index is 2.13. The molecule has 0 amide bonds. The molecule has 0 spiro atoms. The number of phenolic OH excluding ortho intramolecular Hbond substituents is 1. The fraction of sp³-hybridized carbons (Fsp3) is 0.222. The average Bonchev–Trinajstić information content (AvgIpc) is 2.56. The van der Waals surface area contributed by atoms with E-state index in [9.17, 15) is 14.7 Å². The number of ether oxygens (including phenoxy) is 3. The number of ketones is 1. The summed E-state index contributed by atoms with van der Waals surface area (Å²) >= 11 is 0. The zero-order chi connectivity index (χ0) is 17.3. The minimum atomic E-state index is -1.13. The molecule has 24 heavy (non-hydrogen) atoms. The lowest BCUT2D eigenvalue weighted by atomic mass is 9.92. The summed E-state index contributed by atoms with van der Waals surface area (Å²) < 4.78 is 16.3. The Bertz CT molecular complexity index is 784. The van der Waals surface area contributed by atoms with Crippen molar-refractivity contribution in [1.82, 2.24) is 0 Å². The van der Waals surface area contributed by atoms with Gasteiger partial charge >= 0.3 is 5.97 Å². The molecule has 0 saturated carbocycles. The number of carbonyl (C=O) groups excluding carboxylic acids is 2. The van der Waals surface area contributed by atoms with Gasteiger partial charge in [0, 0.05) is 19.1 Å². The predicted octanol–water partition coefficient (Wildman–Crippen LogP) is 2.65. The summed E-state index contributed by atoms with van der Waals surface area (Å²) in [6.45, 7) is 1.24. The number of aromatic hydroxyl groups is 1. The number of hydrogen-bond donors (Lipinski definition) is 1. The van der Waals surface area contributed by atoms with Gasteiger partial charge in [-0.1, -0.05) is 30.3 Å². The first-order valence-electron chi connectivity index (χ1n) is 7.35. The molecule has 6 nitrogen and oxygen atoms in total. The summed E-state index contributed by atoms with van der Waals surface area (Å²) in [5.41, 5.74) is 0.832. The van der Waals surface area contributed by atoms with E-state index in [-0.39, 0.29) is 22.8 Å². The second-order valence-electron chi connectivity index (χ2n) is 5.36. The molecular weight excluding hydrogens is 312 g/mol. The van der Waals surface area contributed by atoms with Crippen molar-refractivity contribution in [2.75, 3.05) is 7.11 Å². The second-order valence-corrected chi connectivity index (χ2v) is 5.36. The average molecular weight is 328 g/mol. The first-order valence-corrected chi connectivity index (χ1v) is 7.35. The SMILES string of the molecule is COc1cc(O)cc2c1C(=O)[C@H](OC(C)=O)[C@@H](c1ccccc1)O2. The fourth-order valence-corrected chi connectivity index (χ4v) is 2.73. The molecule has 1 heterocycles. The molecule has 124 valence electrons. The maximum Gasteiger partial charge on any atom is 0.303 e. The molecular formula is C18H16O6. The van der Waals surface area contributed by atoms with Crippen LogP contribution >= 0.6 is 0 Å². The van der Waals surface area contributed by atoms with Crippen LogP contribution in [0.5, 0.6) is 17.2 Å². The Morgan fingerprint density at radius 1 is 1.21 bits per heavy atom. The molecule has 2 atom stereocenters. The van der Waals surface area contributed by atoms with Crippen LogP contribution in [0.25, 0.3) is 0 Å². The Morgan fingerprint density at radius 2 is 1.92 bits per heavy atom. The number of Topliss-reactive ketones (excluding diaryl/α,β-unsaturated/α-hetero) is 1. The third kappa shape index (κ3) is 2.78. The van der Waals surface area contributed by atoms with E-state index >= 15 is 0 Å². The molecule has 1 aliphatic rings. The lowest BCUT2D eigenvalue weighted by Gasteiger charge is -2.32. The smallest absolute Gasteiger partial charge is 0.303 e. The maximum atomic E-state index is 12.9. The summed E-state index contributed by atoms with van der Waals surface area (Å²) in [5.74, 6) is -0.750. The highest BCUT2D eigenvalue weighted by molar-refractivity contribution is 6.06. The highest BCUT2D eigenvalue weighted by Crippen LogP contribution is 2.43. The van der Waals surface area contributed by atoms with Gasteiger partial charge in [0.15, 0.2) is 6.10 Å². The van der Waals surface area contributed by atoms with Gasteiger partial charge in [0.2, 0.25) is 11.9 Å². The van der Waals surface area contributed by atoms with Gasteiger partial charge in [0.25, 0.3) is 0 Å². The number of rotatable bonds is 3. The topological polar surface area (TPSA) is 82.1 Å². The molecule has 0 aliphatic carbocycles. The molecule has 3 rings (SSSR count). The number of fused-ring (bicyclic) bond motifs is 1. The molecule has 1 aliphatic heterocycles. The van der Waals surface area contributed by atoms with E-state index in [4.69, 9.17) is 14.2 Å². The van der Waals surface area contributed by atoms with Crippen LogP contribution in [-0.2, 0) is 9.53 Å². The van der Waals surface area contributed by atoms with E-state index in [2.05, 4.69) is 0 Å². The summed E-state index contributed by atoms with van der Waals surface area (Å²) in [6, 6.07) is 11.6. The van der Waals surface area contributed by atoms with E-state index < -0.39 is 24.0 Å². The van der Waals surface area contributed by atoms with E-state index in [0.29, 0.717) is 5.56 Å². The van der Waals surface area contributed by atoms with E-state index in [1.807, 2.05) is 6.07 Å². The van der Waals surface area contributed by atoms with Crippen LogP contribution in [0.4, 0.5) is 0 Å². The number of carbonyl (C=O) groups is 2. The molecule has 0 unspecified atom stereocenters. The normalized spacial score (nSPS) is 19.2. The Labute approximate surface area is 138 Å². The molecule has 6 heteroatoms. The van der Waals surface area contributed by atoms with Crippen molar-refractivity contribution in [3.05, 3.63) is 53.6 Å². The van der Waals surface area contributed by atoms with Gasteiger partial charge in [-0.3, -0.25) is 9.59 Å². The third-order valence-corrected chi connectivity index (χ3v) is 3.73. The number of phenols is 1. The Morgan fingerprint density at radius 3 is 2.54 bits per heavy atom. The molecule has 0 bridgehead atoms. The lowest BCUT2D eigenvalue weighted by Crippen LogP contribution is -2.39. The molecule has 1 N–H and O–H groups in total. The number of hydrogen-bond acceptors (Lipinski definition) is 6. The fourth-order valence-electron chi connectivity index (χ4n) is 2.73. The van der Waals surface area contributed by atoms with Gasteiger partial charge in [-0.15, -0.1) is 0 Å². The third-order valence-electron chi connectivity index (χ3n) is 3.73. The summed E-state index contributed by atoms with van der Waals surface area (Å²) in [4.78, 5) is 24.4. The van der Waals surface area contributed by atoms with Gasteiger partial charge in [0.05, 0.1) is 7.11 Å². The largest absolute Gasteiger partial charge is 0.508 e. The quantitative estimate of drug-likeness (QED) is 0.872. The van der Waals surface area contributed by atoms with Crippen molar-refractivity contribution in [3.63, 3.8) is 0 Å². The zero-order valence-electron chi connectivity index (χ0n) is 13.2. The minimum absolute atomic E-state index is 0.0869. The van der Waals surface area contributed by atoms with Crippen LogP contribution in [0.3, 0.4) is 0 Å². The van der Waals surface area contributed by atoms with Gasteiger partial charge in [0.1, 0.15) is 22.8 Å². The Hall–Kier alpha value is -3.02. The van der Waals surface area contributed by atoms with E-state index in [0.717, 1.165) is 0 Å². The standard InChI is InChI=1S/C18H16O6/c1-10(19)23-18-16(21)15-13(22-2)8-12(20)9-14(15)24-17(18)11-6-4-3-5-7-11/h3-9,17-18,20H,1-2H3/t17-,18+/m1/s1. The molecule has 0 radical (unpaired) electrons. The first kappa shape index (κ1) is 15.9.